The van der Waals surface area contributed by atoms with E-state index >= 15 is 0 Å². The van der Waals surface area contributed by atoms with Crippen LogP contribution < -0.4 is 5.32 Å². The molecule has 20 heteroatoms. The number of ether oxygens (including phenoxy) is 7. The van der Waals surface area contributed by atoms with Crippen LogP contribution in [-0.2, 0) is 42.7 Å². The van der Waals surface area contributed by atoms with Crippen molar-refractivity contribution in [1.82, 2.24) is 5.32 Å². The minimum absolute atomic E-state index is 0.136. The van der Waals surface area contributed by atoms with Gasteiger partial charge in [0.2, 0.25) is 0 Å². The molecule has 3 fully saturated rings. The van der Waals surface area contributed by atoms with Crippen molar-refractivity contribution in [2.75, 3.05) is 19.8 Å². The lowest BCUT2D eigenvalue weighted by Crippen LogP contribution is -2.69. The summed E-state index contributed by atoms with van der Waals surface area (Å²) in [5, 5.41) is 75.4. The van der Waals surface area contributed by atoms with Crippen LogP contribution in [0.1, 0.15) is 13.8 Å². The summed E-state index contributed by atoms with van der Waals surface area (Å²) in [5.41, 5.74) is 0. The van der Waals surface area contributed by atoms with Gasteiger partial charge in [0.15, 0.2) is 18.9 Å². The molecular formula is C25H38Cl3NO16. The molecule has 3 saturated heterocycles. The first kappa shape index (κ1) is 38.5. The largest absolute Gasteiger partial charge is 0.463 e. The van der Waals surface area contributed by atoms with Crippen molar-refractivity contribution in [1.29, 1.82) is 0 Å². The molecule has 0 aromatic rings. The van der Waals surface area contributed by atoms with Crippen LogP contribution in [0.4, 0.5) is 0 Å². The monoisotopic (exact) mass is 713 g/mol. The molecule has 1 amide bonds. The zero-order valence-electron chi connectivity index (χ0n) is 24.0. The molecule has 0 unspecified atom stereocenters. The van der Waals surface area contributed by atoms with Crippen molar-refractivity contribution < 1.29 is 78.5 Å². The standard InChI is InChI=1S/C25H38Cl3NO16/c1-4-5-39-21-12(29-24(38)25(26,27)28)20(14(33)11(43-21)7-40-9(3)31)45-22-18(37)16(35)19(8(2)41-22)44-23-17(36)15(34)13(32)10(6-30)42-23/h4,8,10-23,30,32-37H,1,5-7H2,2-3H3,(H,29,38)/t8-,10+,11+,12+,13+,14+,15-,16-,17+,18+,19-,20+,21+,22-,23+/m0/s1. The van der Waals surface area contributed by atoms with E-state index in [9.17, 15) is 45.3 Å². The molecule has 45 heavy (non-hydrogen) atoms. The van der Waals surface area contributed by atoms with Gasteiger partial charge < -0.3 is 74.2 Å². The van der Waals surface area contributed by atoms with Crippen LogP contribution >= 0.6 is 34.8 Å². The van der Waals surface area contributed by atoms with Gasteiger partial charge in [-0.2, -0.15) is 0 Å². The molecule has 17 nitrogen and oxygen atoms in total. The van der Waals surface area contributed by atoms with Gasteiger partial charge in [-0.3, -0.25) is 9.59 Å². The van der Waals surface area contributed by atoms with Crippen molar-refractivity contribution in [2.45, 2.75) is 110 Å². The van der Waals surface area contributed by atoms with Gasteiger partial charge >= 0.3 is 5.97 Å². The highest BCUT2D eigenvalue weighted by molar-refractivity contribution is 6.76. The molecule has 15 atom stereocenters. The third kappa shape index (κ3) is 9.35. The third-order valence-electron chi connectivity index (χ3n) is 7.27. The van der Waals surface area contributed by atoms with E-state index in [-0.39, 0.29) is 6.61 Å². The highest BCUT2D eigenvalue weighted by atomic mass is 35.6. The number of aliphatic hydroxyl groups excluding tert-OH is 7. The van der Waals surface area contributed by atoms with E-state index < -0.39 is 121 Å². The topological polar surface area (TPSA) is 252 Å². The average Bonchev–Trinajstić information content (AvgIpc) is 2.97. The number of amides is 1. The van der Waals surface area contributed by atoms with Crippen LogP contribution in [0.2, 0.25) is 0 Å². The summed E-state index contributed by atoms with van der Waals surface area (Å²) in [6.07, 6.45) is -21.0. The van der Waals surface area contributed by atoms with Gasteiger partial charge in [0.25, 0.3) is 9.70 Å². The summed E-state index contributed by atoms with van der Waals surface area (Å²) in [4.78, 5) is 24.1. The number of hydrogen-bond acceptors (Lipinski definition) is 16. The molecule has 0 aliphatic carbocycles. The van der Waals surface area contributed by atoms with Gasteiger partial charge in [-0.1, -0.05) is 40.9 Å². The number of carbonyl (C=O) groups is 2. The first-order valence-electron chi connectivity index (χ1n) is 13.7. The Kier molecular flexibility index (Phi) is 14.0. The number of rotatable bonds is 11. The van der Waals surface area contributed by atoms with Gasteiger partial charge in [-0.25, -0.2) is 0 Å². The fraction of sp³-hybridized carbons (Fsp3) is 0.840. The Labute approximate surface area is 272 Å². The molecule has 0 aromatic carbocycles. The molecule has 0 saturated carbocycles. The molecule has 0 bridgehead atoms. The SMILES string of the molecule is C=CCO[C@@H]1O[C@H](COC(C)=O)[C@@H](O)[C@H](O[C@@H]2O[C@@H](C)[C@H](O[C@H]3O[C@H](CO)[C@@H](O)[C@H](O)[C@H]3O)[C@@H](O)[C@H]2O)[C@H]1NC(=O)C(Cl)(Cl)Cl. The second kappa shape index (κ2) is 16.4. The van der Waals surface area contributed by atoms with E-state index in [4.69, 9.17) is 68.0 Å². The van der Waals surface area contributed by atoms with Gasteiger partial charge in [0.05, 0.1) is 19.3 Å². The maximum absolute atomic E-state index is 12.6. The lowest BCUT2D eigenvalue weighted by atomic mass is 9.95. The quantitative estimate of drug-likeness (QED) is 0.0594. The Morgan fingerprint density at radius 2 is 1.42 bits per heavy atom. The smallest absolute Gasteiger partial charge is 0.302 e. The molecule has 0 spiro atoms. The predicted octanol–water partition coefficient (Wildman–Crippen LogP) is -3.27. The Balaban J connectivity index is 1.84. The van der Waals surface area contributed by atoms with Gasteiger partial charge in [-0.15, -0.1) is 6.58 Å². The summed E-state index contributed by atoms with van der Waals surface area (Å²) in [6, 6.07) is -1.46. The van der Waals surface area contributed by atoms with Crippen LogP contribution in [0.5, 0.6) is 0 Å². The molecular weight excluding hydrogens is 677 g/mol. The number of alkyl halides is 3. The van der Waals surface area contributed by atoms with Crippen molar-refractivity contribution >= 4 is 46.7 Å². The van der Waals surface area contributed by atoms with Crippen LogP contribution in [0.25, 0.3) is 0 Å². The van der Waals surface area contributed by atoms with Crippen LogP contribution in [0.3, 0.4) is 0 Å². The molecule has 8 N–H and O–H groups in total. The molecule has 0 aromatic heterocycles. The number of halogens is 3. The van der Waals surface area contributed by atoms with Gasteiger partial charge in [0.1, 0.15) is 73.7 Å². The maximum atomic E-state index is 12.6. The van der Waals surface area contributed by atoms with E-state index in [1.54, 1.807) is 0 Å². The average molecular weight is 715 g/mol. The van der Waals surface area contributed by atoms with E-state index in [0.29, 0.717) is 0 Å². The lowest BCUT2D eigenvalue weighted by Gasteiger charge is -2.48. The highest BCUT2D eigenvalue weighted by Crippen LogP contribution is 2.34. The first-order valence-corrected chi connectivity index (χ1v) is 14.8. The molecule has 3 rings (SSSR count). The minimum atomic E-state index is -2.48. The number of carbonyl (C=O) groups excluding carboxylic acids is 2. The van der Waals surface area contributed by atoms with Crippen LogP contribution in [-0.4, -0.2) is 163 Å². The number of nitrogens with one attached hydrogen (secondary N) is 1. The molecule has 3 aliphatic heterocycles. The van der Waals surface area contributed by atoms with Crippen LogP contribution in [0, 0.1) is 0 Å². The van der Waals surface area contributed by atoms with E-state index in [1.165, 1.54) is 13.0 Å². The Hall–Kier alpha value is -0.970. The van der Waals surface area contributed by atoms with E-state index in [2.05, 4.69) is 11.9 Å². The van der Waals surface area contributed by atoms with Crippen LogP contribution in [0.15, 0.2) is 12.7 Å². The Bertz CT molecular complexity index is 1010. The molecule has 0 radical (unpaired) electrons. The molecule has 3 aliphatic rings. The zero-order valence-corrected chi connectivity index (χ0v) is 26.3. The Morgan fingerprint density at radius 3 is 2.00 bits per heavy atom. The number of esters is 1. The van der Waals surface area contributed by atoms with Crippen molar-refractivity contribution in [3.63, 3.8) is 0 Å². The van der Waals surface area contributed by atoms with Crippen molar-refractivity contribution in [3.05, 3.63) is 12.7 Å². The summed E-state index contributed by atoms with van der Waals surface area (Å²) in [5.74, 6) is -1.87. The van der Waals surface area contributed by atoms with E-state index in [0.717, 1.165) is 6.92 Å². The van der Waals surface area contributed by atoms with Crippen molar-refractivity contribution in [3.8, 4) is 0 Å². The molecule has 260 valence electrons. The van der Waals surface area contributed by atoms with Gasteiger partial charge in [0, 0.05) is 6.92 Å². The normalized spacial score (nSPS) is 42.5. The summed E-state index contributed by atoms with van der Waals surface area (Å²) in [6.45, 7) is 4.69. The third-order valence-corrected chi connectivity index (χ3v) is 7.78. The second-order valence-corrected chi connectivity index (χ2v) is 12.8. The number of aliphatic hydroxyl groups is 7. The maximum Gasteiger partial charge on any atom is 0.302 e. The lowest BCUT2D eigenvalue weighted by molar-refractivity contribution is -0.369. The Morgan fingerprint density at radius 1 is 0.844 bits per heavy atom. The number of hydrogen-bond donors (Lipinski definition) is 8. The van der Waals surface area contributed by atoms with Gasteiger partial charge in [-0.05, 0) is 6.92 Å². The summed E-state index contributed by atoms with van der Waals surface area (Å²) in [7, 11) is 0. The predicted molar refractivity (Wildman–Crippen MR) is 150 cm³/mol. The highest BCUT2D eigenvalue weighted by Gasteiger charge is 2.54. The fourth-order valence-electron chi connectivity index (χ4n) is 4.90. The molecule has 3 heterocycles. The minimum Gasteiger partial charge on any atom is -0.463 e. The second-order valence-electron chi connectivity index (χ2n) is 10.5. The van der Waals surface area contributed by atoms with Crippen molar-refractivity contribution in [2.24, 2.45) is 0 Å². The summed E-state index contributed by atoms with van der Waals surface area (Å²) >= 11 is 17.2. The van der Waals surface area contributed by atoms with E-state index in [1.807, 2.05) is 0 Å². The first-order chi connectivity index (χ1) is 21.0. The fourth-order valence-corrected chi connectivity index (χ4v) is 5.07. The summed E-state index contributed by atoms with van der Waals surface area (Å²) < 4.78 is 36.4. The zero-order chi connectivity index (χ0) is 33.8.